The Morgan fingerprint density at radius 3 is 2.11 bits per heavy atom. The monoisotopic (exact) mass is 392 g/mol. The molecular weight excluding hydrogens is 364 g/mol. The van der Waals surface area contributed by atoms with E-state index < -0.39 is 0 Å². The number of rotatable bonds is 10. The van der Waals surface area contributed by atoms with E-state index in [4.69, 9.17) is 15.2 Å². The maximum absolute atomic E-state index is 12.6. The van der Waals surface area contributed by atoms with Crippen molar-refractivity contribution in [3.8, 4) is 11.5 Å². The van der Waals surface area contributed by atoms with Gasteiger partial charge < -0.3 is 20.1 Å². The van der Waals surface area contributed by atoms with Crippen LogP contribution in [0.2, 0.25) is 0 Å². The minimum Gasteiger partial charge on any atom is -0.497 e. The Bertz CT molecular complexity index is 673. The molecule has 0 bridgehead atoms. The molecule has 2 aromatic rings. The standard InChI is InChI=1S/C21H28N2O3.ClH/c1-25-19-14-18(15-20(16-19)26-2)8-9-21(24)23(13-11-22)12-10-17-6-4-3-5-7-17;/h3-7,14-16H,8-13,22H2,1-2H3;1H. The third-order valence-corrected chi connectivity index (χ3v) is 4.30. The first-order valence-electron chi connectivity index (χ1n) is 8.90. The van der Waals surface area contributed by atoms with E-state index in [1.807, 2.05) is 41.3 Å². The molecule has 148 valence electrons. The fraction of sp³-hybridized carbons (Fsp3) is 0.381. The second kappa shape index (κ2) is 12.2. The van der Waals surface area contributed by atoms with Gasteiger partial charge in [0.1, 0.15) is 11.5 Å². The summed E-state index contributed by atoms with van der Waals surface area (Å²) in [5.41, 5.74) is 7.93. The van der Waals surface area contributed by atoms with Crippen LogP contribution < -0.4 is 15.2 Å². The van der Waals surface area contributed by atoms with Crippen molar-refractivity contribution in [1.29, 1.82) is 0 Å². The number of methoxy groups -OCH3 is 2. The Morgan fingerprint density at radius 2 is 1.56 bits per heavy atom. The fourth-order valence-electron chi connectivity index (χ4n) is 2.85. The van der Waals surface area contributed by atoms with E-state index in [0.717, 1.165) is 23.5 Å². The maximum Gasteiger partial charge on any atom is 0.222 e. The third kappa shape index (κ3) is 7.49. The van der Waals surface area contributed by atoms with Crippen LogP contribution in [0.25, 0.3) is 0 Å². The van der Waals surface area contributed by atoms with Crippen molar-refractivity contribution in [1.82, 2.24) is 4.90 Å². The van der Waals surface area contributed by atoms with Crippen molar-refractivity contribution in [3.05, 3.63) is 59.7 Å². The second-order valence-electron chi connectivity index (χ2n) is 6.13. The molecule has 6 heteroatoms. The molecule has 0 unspecified atom stereocenters. The Morgan fingerprint density at radius 1 is 0.926 bits per heavy atom. The summed E-state index contributed by atoms with van der Waals surface area (Å²) in [5, 5.41) is 0. The molecule has 2 rings (SSSR count). The van der Waals surface area contributed by atoms with Crippen LogP contribution in [-0.4, -0.2) is 44.7 Å². The van der Waals surface area contributed by atoms with Crippen LogP contribution in [0.1, 0.15) is 17.5 Å². The fourth-order valence-corrected chi connectivity index (χ4v) is 2.85. The number of aryl methyl sites for hydroxylation is 1. The van der Waals surface area contributed by atoms with Gasteiger partial charge >= 0.3 is 0 Å². The molecule has 0 spiro atoms. The SMILES string of the molecule is COc1cc(CCC(=O)N(CCN)CCc2ccccc2)cc(OC)c1.Cl. The van der Waals surface area contributed by atoms with Gasteiger partial charge in [-0.3, -0.25) is 4.79 Å². The van der Waals surface area contributed by atoms with Crippen molar-refractivity contribution < 1.29 is 14.3 Å². The van der Waals surface area contributed by atoms with Crippen LogP contribution in [0.5, 0.6) is 11.5 Å². The first-order valence-corrected chi connectivity index (χ1v) is 8.90. The predicted molar refractivity (Wildman–Crippen MR) is 111 cm³/mol. The van der Waals surface area contributed by atoms with E-state index in [-0.39, 0.29) is 18.3 Å². The number of ether oxygens (including phenoxy) is 2. The molecule has 1 amide bonds. The minimum atomic E-state index is 0. The van der Waals surface area contributed by atoms with Gasteiger partial charge in [0.2, 0.25) is 5.91 Å². The highest BCUT2D eigenvalue weighted by molar-refractivity contribution is 5.85. The van der Waals surface area contributed by atoms with E-state index in [9.17, 15) is 4.79 Å². The zero-order chi connectivity index (χ0) is 18.8. The van der Waals surface area contributed by atoms with Gasteiger partial charge in [-0.2, -0.15) is 0 Å². The summed E-state index contributed by atoms with van der Waals surface area (Å²) in [6.45, 7) is 1.72. The summed E-state index contributed by atoms with van der Waals surface area (Å²) in [4.78, 5) is 14.5. The molecule has 2 N–H and O–H groups in total. The van der Waals surface area contributed by atoms with Crippen LogP contribution >= 0.6 is 12.4 Å². The highest BCUT2D eigenvalue weighted by Gasteiger charge is 2.13. The molecular formula is C21H29ClN2O3. The second-order valence-corrected chi connectivity index (χ2v) is 6.13. The topological polar surface area (TPSA) is 64.8 Å². The number of nitrogens with two attached hydrogens (primary N) is 1. The Kier molecular flexibility index (Phi) is 10.3. The van der Waals surface area contributed by atoms with Gasteiger partial charge in [0.25, 0.3) is 0 Å². The number of hydrogen-bond donors (Lipinski definition) is 1. The molecule has 0 saturated heterocycles. The molecule has 0 saturated carbocycles. The van der Waals surface area contributed by atoms with Gasteiger partial charge in [0, 0.05) is 32.1 Å². The number of carbonyl (C=O) groups is 1. The molecule has 0 heterocycles. The van der Waals surface area contributed by atoms with Crippen molar-refractivity contribution in [3.63, 3.8) is 0 Å². The molecule has 0 aromatic heterocycles. The smallest absolute Gasteiger partial charge is 0.222 e. The van der Waals surface area contributed by atoms with Gasteiger partial charge in [-0.1, -0.05) is 30.3 Å². The molecule has 5 nitrogen and oxygen atoms in total. The Labute approximate surface area is 167 Å². The van der Waals surface area contributed by atoms with Gasteiger partial charge in [-0.25, -0.2) is 0 Å². The molecule has 0 aliphatic carbocycles. The summed E-state index contributed by atoms with van der Waals surface area (Å²) in [7, 11) is 3.24. The average molecular weight is 393 g/mol. The van der Waals surface area contributed by atoms with E-state index in [1.165, 1.54) is 5.56 Å². The number of amides is 1. The number of hydrogen-bond acceptors (Lipinski definition) is 4. The van der Waals surface area contributed by atoms with Crippen LogP contribution in [0.15, 0.2) is 48.5 Å². The van der Waals surface area contributed by atoms with Crippen molar-refractivity contribution >= 4 is 18.3 Å². The summed E-state index contributed by atoms with van der Waals surface area (Å²) in [6.07, 6.45) is 1.91. The summed E-state index contributed by atoms with van der Waals surface area (Å²) < 4.78 is 10.6. The number of nitrogens with zero attached hydrogens (tertiary/aromatic N) is 1. The number of benzene rings is 2. The lowest BCUT2D eigenvalue weighted by Gasteiger charge is -2.22. The lowest BCUT2D eigenvalue weighted by molar-refractivity contribution is -0.131. The first-order chi connectivity index (χ1) is 12.7. The van der Waals surface area contributed by atoms with Crippen LogP contribution in [-0.2, 0) is 17.6 Å². The predicted octanol–water partition coefficient (Wildman–Crippen LogP) is 3.09. The normalized spacial score (nSPS) is 10.0. The molecule has 27 heavy (non-hydrogen) atoms. The zero-order valence-corrected chi connectivity index (χ0v) is 16.8. The molecule has 0 atom stereocenters. The van der Waals surface area contributed by atoms with Gasteiger partial charge in [0.05, 0.1) is 14.2 Å². The van der Waals surface area contributed by atoms with Crippen molar-refractivity contribution in [2.75, 3.05) is 33.9 Å². The summed E-state index contributed by atoms with van der Waals surface area (Å²) in [5.74, 6) is 1.58. The third-order valence-electron chi connectivity index (χ3n) is 4.30. The van der Waals surface area contributed by atoms with E-state index >= 15 is 0 Å². The van der Waals surface area contributed by atoms with Gasteiger partial charge in [-0.15, -0.1) is 12.4 Å². The van der Waals surface area contributed by atoms with E-state index in [2.05, 4.69) is 12.1 Å². The quantitative estimate of drug-likeness (QED) is 0.674. The highest BCUT2D eigenvalue weighted by atomic mass is 35.5. The Hall–Kier alpha value is -2.24. The van der Waals surface area contributed by atoms with E-state index in [1.54, 1.807) is 14.2 Å². The summed E-state index contributed by atoms with van der Waals surface area (Å²) >= 11 is 0. The highest BCUT2D eigenvalue weighted by Crippen LogP contribution is 2.23. The molecule has 0 aliphatic rings. The summed E-state index contributed by atoms with van der Waals surface area (Å²) in [6, 6.07) is 15.9. The Balaban J connectivity index is 0.00000364. The largest absolute Gasteiger partial charge is 0.497 e. The maximum atomic E-state index is 12.6. The van der Waals surface area contributed by atoms with Gasteiger partial charge in [0.15, 0.2) is 0 Å². The molecule has 0 aliphatic heterocycles. The average Bonchev–Trinajstić information content (AvgIpc) is 2.69. The van der Waals surface area contributed by atoms with Crippen LogP contribution in [0.4, 0.5) is 0 Å². The van der Waals surface area contributed by atoms with Crippen LogP contribution in [0, 0.1) is 0 Å². The number of halogens is 1. The molecule has 2 aromatic carbocycles. The molecule has 0 radical (unpaired) electrons. The first kappa shape index (κ1) is 22.8. The lowest BCUT2D eigenvalue weighted by atomic mass is 10.1. The van der Waals surface area contributed by atoms with Crippen LogP contribution in [0.3, 0.4) is 0 Å². The lowest BCUT2D eigenvalue weighted by Crippen LogP contribution is -2.37. The van der Waals surface area contributed by atoms with Crippen molar-refractivity contribution in [2.24, 2.45) is 5.73 Å². The van der Waals surface area contributed by atoms with E-state index in [0.29, 0.717) is 32.5 Å². The zero-order valence-electron chi connectivity index (χ0n) is 16.0. The minimum absolute atomic E-state index is 0. The van der Waals surface area contributed by atoms with Gasteiger partial charge in [-0.05, 0) is 36.1 Å². The number of carbonyl (C=O) groups excluding carboxylic acids is 1. The van der Waals surface area contributed by atoms with Crippen molar-refractivity contribution in [2.45, 2.75) is 19.3 Å². The molecule has 0 fully saturated rings.